The van der Waals surface area contributed by atoms with Crippen LogP contribution in [-0.2, 0) is 11.3 Å². The summed E-state index contributed by atoms with van der Waals surface area (Å²) in [6.45, 7) is 2.28. The van der Waals surface area contributed by atoms with Gasteiger partial charge in [0.05, 0.1) is 0 Å². The number of aromatic amines is 1. The van der Waals surface area contributed by atoms with Crippen LogP contribution in [0.3, 0.4) is 0 Å². The van der Waals surface area contributed by atoms with E-state index in [1.807, 2.05) is 30.3 Å². The zero-order chi connectivity index (χ0) is 16.9. The third-order valence-electron chi connectivity index (χ3n) is 4.29. The van der Waals surface area contributed by atoms with Crippen LogP contribution in [0.15, 0.2) is 42.6 Å². The Hall–Kier alpha value is -2.67. The van der Waals surface area contributed by atoms with Gasteiger partial charge in [-0.3, -0.25) is 19.6 Å². The van der Waals surface area contributed by atoms with E-state index in [1.54, 1.807) is 24.2 Å². The zero-order valence-corrected chi connectivity index (χ0v) is 13.6. The summed E-state index contributed by atoms with van der Waals surface area (Å²) in [5.41, 5.74) is 1.60. The average Bonchev–Trinajstić information content (AvgIpc) is 3.16. The molecule has 2 N–H and O–H groups in total. The van der Waals surface area contributed by atoms with Gasteiger partial charge in [-0.1, -0.05) is 30.3 Å². The number of aromatic nitrogens is 2. The lowest BCUT2D eigenvalue weighted by molar-refractivity contribution is -0.128. The molecule has 1 atom stereocenters. The van der Waals surface area contributed by atoms with Gasteiger partial charge in [-0.25, -0.2) is 0 Å². The number of benzene rings is 1. The summed E-state index contributed by atoms with van der Waals surface area (Å²) in [7, 11) is 1.62. The molecule has 0 spiro atoms. The van der Waals surface area contributed by atoms with Crippen LogP contribution >= 0.6 is 0 Å². The van der Waals surface area contributed by atoms with Gasteiger partial charge < -0.3 is 10.2 Å². The molecule has 7 nitrogen and oxygen atoms in total. The molecule has 1 saturated heterocycles. The van der Waals surface area contributed by atoms with Gasteiger partial charge in [0.15, 0.2) is 0 Å². The van der Waals surface area contributed by atoms with Crippen molar-refractivity contribution in [2.45, 2.75) is 12.6 Å². The highest BCUT2D eigenvalue weighted by Crippen LogP contribution is 2.16. The van der Waals surface area contributed by atoms with Gasteiger partial charge >= 0.3 is 0 Å². The molecule has 0 bridgehead atoms. The smallest absolute Gasteiger partial charge is 0.271 e. The SMILES string of the molecule is CNC(=O)C1CN(C(=O)c2ccn[nH]2)CCN1Cc1ccccc1. The second-order valence-electron chi connectivity index (χ2n) is 5.81. The highest BCUT2D eigenvalue weighted by atomic mass is 16.2. The number of H-pyrrole nitrogens is 1. The normalized spacial score (nSPS) is 18.4. The van der Waals surface area contributed by atoms with Gasteiger partial charge in [0.1, 0.15) is 11.7 Å². The Bertz CT molecular complexity index is 686. The van der Waals surface area contributed by atoms with Crippen LogP contribution in [0.4, 0.5) is 0 Å². The van der Waals surface area contributed by atoms with Crippen LogP contribution in [0.5, 0.6) is 0 Å². The number of amides is 2. The van der Waals surface area contributed by atoms with Gasteiger partial charge in [0.2, 0.25) is 5.91 Å². The molecular weight excluding hydrogens is 306 g/mol. The maximum atomic E-state index is 12.5. The van der Waals surface area contributed by atoms with E-state index in [9.17, 15) is 9.59 Å². The minimum absolute atomic E-state index is 0.0759. The molecule has 7 heteroatoms. The van der Waals surface area contributed by atoms with Crippen LogP contribution in [-0.4, -0.2) is 64.5 Å². The lowest BCUT2D eigenvalue weighted by Crippen LogP contribution is -2.59. The van der Waals surface area contributed by atoms with Crippen molar-refractivity contribution in [3.8, 4) is 0 Å². The summed E-state index contributed by atoms with van der Waals surface area (Å²) in [4.78, 5) is 28.6. The fourth-order valence-electron chi connectivity index (χ4n) is 2.97. The van der Waals surface area contributed by atoms with Crippen molar-refractivity contribution in [2.75, 3.05) is 26.7 Å². The fourth-order valence-corrected chi connectivity index (χ4v) is 2.97. The predicted molar refractivity (Wildman–Crippen MR) is 89.2 cm³/mol. The molecule has 1 aliphatic rings. The van der Waals surface area contributed by atoms with Crippen molar-refractivity contribution < 1.29 is 9.59 Å². The standard InChI is InChI=1S/C17H21N5O2/c1-18-16(23)15-12-22(17(24)14-7-8-19-20-14)10-9-21(15)11-13-5-3-2-4-6-13/h2-8,15H,9-12H2,1H3,(H,18,23)(H,19,20). The number of likely N-dealkylation sites (N-methyl/N-ethyl adjacent to an activating group) is 1. The fraction of sp³-hybridized carbons (Fsp3) is 0.353. The summed E-state index contributed by atoms with van der Waals surface area (Å²) < 4.78 is 0. The molecule has 126 valence electrons. The maximum absolute atomic E-state index is 12.5. The van der Waals surface area contributed by atoms with Gasteiger partial charge in [0, 0.05) is 39.4 Å². The molecule has 0 aliphatic carbocycles. The lowest BCUT2D eigenvalue weighted by Gasteiger charge is -2.40. The van der Waals surface area contributed by atoms with E-state index in [0.29, 0.717) is 31.9 Å². The Morgan fingerprint density at radius 1 is 1.25 bits per heavy atom. The van der Waals surface area contributed by atoms with Crippen LogP contribution < -0.4 is 5.32 Å². The van der Waals surface area contributed by atoms with Crippen molar-refractivity contribution in [3.63, 3.8) is 0 Å². The summed E-state index contributed by atoms with van der Waals surface area (Å²) in [5.74, 6) is -0.200. The molecule has 2 amide bonds. The van der Waals surface area contributed by atoms with E-state index in [-0.39, 0.29) is 17.9 Å². The molecule has 1 unspecified atom stereocenters. The maximum Gasteiger partial charge on any atom is 0.271 e. The van der Waals surface area contributed by atoms with Crippen molar-refractivity contribution in [2.24, 2.45) is 0 Å². The Balaban J connectivity index is 1.73. The topological polar surface area (TPSA) is 81.3 Å². The Morgan fingerprint density at radius 2 is 2.04 bits per heavy atom. The highest BCUT2D eigenvalue weighted by Gasteiger charge is 2.34. The van der Waals surface area contributed by atoms with E-state index in [4.69, 9.17) is 0 Å². The van der Waals surface area contributed by atoms with Crippen LogP contribution in [0.2, 0.25) is 0 Å². The minimum Gasteiger partial charge on any atom is -0.358 e. The van der Waals surface area contributed by atoms with E-state index in [2.05, 4.69) is 20.4 Å². The first-order valence-corrected chi connectivity index (χ1v) is 7.97. The second kappa shape index (κ2) is 7.27. The van der Waals surface area contributed by atoms with Crippen molar-refractivity contribution in [1.29, 1.82) is 0 Å². The Labute approximate surface area is 140 Å². The van der Waals surface area contributed by atoms with Gasteiger partial charge in [-0.15, -0.1) is 0 Å². The van der Waals surface area contributed by atoms with Crippen LogP contribution in [0, 0.1) is 0 Å². The number of carbonyl (C=O) groups excluding carboxylic acids is 2. The molecule has 2 heterocycles. The summed E-state index contributed by atoms with van der Waals surface area (Å²) >= 11 is 0. The largest absolute Gasteiger partial charge is 0.358 e. The first-order valence-electron chi connectivity index (χ1n) is 7.97. The zero-order valence-electron chi connectivity index (χ0n) is 13.6. The Morgan fingerprint density at radius 3 is 2.71 bits per heavy atom. The van der Waals surface area contributed by atoms with Crippen molar-refractivity contribution in [3.05, 3.63) is 53.9 Å². The minimum atomic E-state index is -0.365. The molecule has 24 heavy (non-hydrogen) atoms. The number of nitrogens with zero attached hydrogens (tertiary/aromatic N) is 3. The monoisotopic (exact) mass is 327 g/mol. The summed E-state index contributed by atoms with van der Waals surface area (Å²) in [5, 5.41) is 9.21. The molecule has 1 aromatic carbocycles. The molecule has 3 rings (SSSR count). The number of piperazine rings is 1. The third-order valence-corrected chi connectivity index (χ3v) is 4.29. The van der Waals surface area contributed by atoms with Crippen LogP contribution in [0.1, 0.15) is 16.1 Å². The molecule has 0 radical (unpaired) electrons. The number of hydrogen-bond acceptors (Lipinski definition) is 4. The molecule has 1 aromatic heterocycles. The lowest BCUT2D eigenvalue weighted by atomic mass is 10.1. The van der Waals surface area contributed by atoms with Gasteiger partial charge in [0.25, 0.3) is 5.91 Å². The molecule has 2 aromatic rings. The van der Waals surface area contributed by atoms with E-state index >= 15 is 0 Å². The van der Waals surface area contributed by atoms with Crippen molar-refractivity contribution in [1.82, 2.24) is 25.3 Å². The highest BCUT2D eigenvalue weighted by molar-refractivity contribution is 5.93. The Kier molecular flexibility index (Phi) is 4.90. The number of nitrogens with one attached hydrogen (secondary N) is 2. The molecule has 0 saturated carbocycles. The summed E-state index contributed by atoms with van der Waals surface area (Å²) in [6.07, 6.45) is 1.55. The van der Waals surface area contributed by atoms with Crippen LogP contribution in [0.25, 0.3) is 0 Å². The summed E-state index contributed by atoms with van der Waals surface area (Å²) in [6, 6.07) is 11.3. The van der Waals surface area contributed by atoms with E-state index in [0.717, 1.165) is 5.56 Å². The van der Waals surface area contributed by atoms with Gasteiger partial charge in [-0.2, -0.15) is 5.10 Å². The van der Waals surface area contributed by atoms with Gasteiger partial charge in [-0.05, 0) is 11.6 Å². The molecule has 1 fully saturated rings. The number of rotatable bonds is 4. The molecule has 1 aliphatic heterocycles. The van der Waals surface area contributed by atoms with E-state index in [1.165, 1.54) is 0 Å². The number of hydrogen-bond donors (Lipinski definition) is 2. The first kappa shape index (κ1) is 16.2. The molecular formula is C17H21N5O2. The second-order valence-corrected chi connectivity index (χ2v) is 5.81. The van der Waals surface area contributed by atoms with Crippen molar-refractivity contribution >= 4 is 11.8 Å². The van der Waals surface area contributed by atoms with E-state index < -0.39 is 0 Å². The number of carbonyl (C=O) groups is 2. The first-order chi connectivity index (χ1) is 11.7. The average molecular weight is 327 g/mol. The third kappa shape index (κ3) is 3.46. The quantitative estimate of drug-likeness (QED) is 0.856. The predicted octanol–water partition coefficient (Wildman–Crippen LogP) is 0.482.